The Bertz CT molecular complexity index is 565. The van der Waals surface area contributed by atoms with Crippen molar-refractivity contribution in [2.75, 3.05) is 26.8 Å². The van der Waals surface area contributed by atoms with Crippen LogP contribution in [0.5, 0.6) is 0 Å². The van der Waals surface area contributed by atoms with Crippen LogP contribution in [0.1, 0.15) is 31.4 Å². The van der Waals surface area contributed by atoms with Gasteiger partial charge in [0.2, 0.25) is 5.91 Å². The lowest BCUT2D eigenvalue weighted by Gasteiger charge is -2.29. The van der Waals surface area contributed by atoms with E-state index in [9.17, 15) is 4.79 Å². The summed E-state index contributed by atoms with van der Waals surface area (Å²) in [7, 11) is 1.66. The van der Waals surface area contributed by atoms with Gasteiger partial charge in [0.25, 0.3) is 0 Å². The van der Waals surface area contributed by atoms with Crippen LogP contribution in [-0.2, 0) is 22.4 Å². The number of amides is 1. The molecule has 1 aliphatic carbocycles. The van der Waals surface area contributed by atoms with Crippen LogP contribution in [0.3, 0.4) is 0 Å². The van der Waals surface area contributed by atoms with Crippen LogP contribution in [0, 0.1) is 0 Å². The van der Waals surface area contributed by atoms with Gasteiger partial charge in [-0.25, -0.2) is 0 Å². The summed E-state index contributed by atoms with van der Waals surface area (Å²) in [5.41, 5.74) is 2.87. The van der Waals surface area contributed by atoms with Crippen molar-refractivity contribution < 1.29 is 9.53 Å². The molecule has 1 aromatic rings. The zero-order valence-corrected chi connectivity index (χ0v) is 15.6. The van der Waals surface area contributed by atoms with Gasteiger partial charge < -0.3 is 15.4 Å². The van der Waals surface area contributed by atoms with Crippen molar-refractivity contribution in [3.63, 3.8) is 0 Å². The van der Waals surface area contributed by atoms with E-state index in [1.54, 1.807) is 7.11 Å². The molecule has 25 heavy (non-hydrogen) atoms. The highest BCUT2D eigenvalue weighted by atomic mass is 16.5. The summed E-state index contributed by atoms with van der Waals surface area (Å²) in [4.78, 5) is 15.2. The molecule has 2 aliphatic rings. The van der Waals surface area contributed by atoms with E-state index in [2.05, 4.69) is 53.6 Å². The summed E-state index contributed by atoms with van der Waals surface area (Å²) in [5.74, 6) is 0.140. The maximum Gasteiger partial charge on any atom is 0.237 e. The van der Waals surface area contributed by atoms with Crippen LogP contribution >= 0.6 is 0 Å². The Labute approximate surface area is 151 Å². The van der Waals surface area contributed by atoms with Crippen LogP contribution in [0.15, 0.2) is 24.3 Å². The summed E-state index contributed by atoms with van der Waals surface area (Å²) in [6.45, 7) is 6.41. The minimum absolute atomic E-state index is 0.0487. The molecular weight excluding hydrogens is 314 g/mol. The van der Waals surface area contributed by atoms with E-state index in [1.165, 1.54) is 11.1 Å². The van der Waals surface area contributed by atoms with Crippen molar-refractivity contribution in [2.45, 2.75) is 57.3 Å². The third-order valence-electron chi connectivity index (χ3n) is 5.31. The fourth-order valence-corrected chi connectivity index (χ4v) is 4.28. The first-order valence-electron chi connectivity index (χ1n) is 9.43. The fraction of sp³-hybridized carbons (Fsp3) is 0.650. The standard InChI is InChI=1S/C20H31N3O2/c1-14(2)22-17-12-19(20(24)21-8-9-25-3)23(13-17)18-10-15-6-4-5-7-16(15)11-18/h4-7,14,17-19,22H,8-13H2,1-3H3,(H,21,24)/t17-,19+/m1/s1. The minimum Gasteiger partial charge on any atom is -0.383 e. The van der Waals surface area contributed by atoms with Crippen molar-refractivity contribution in [3.05, 3.63) is 35.4 Å². The van der Waals surface area contributed by atoms with E-state index in [0.29, 0.717) is 31.3 Å². The lowest BCUT2D eigenvalue weighted by atomic mass is 10.1. The molecule has 1 saturated heterocycles. The van der Waals surface area contributed by atoms with Gasteiger partial charge in [-0.2, -0.15) is 0 Å². The average Bonchev–Trinajstić information content (AvgIpc) is 3.18. The second-order valence-electron chi connectivity index (χ2n) is 7.58. The molecule has 0 saturated carbocycles. The number of carbonyl (C=O) groups excluding carboxylic acids is 1. The first-order chi connectivity index (χ1) is 12.1. The molecular formula is C20H31N3O2. The Hall–Kier alpha value is -1.43. The highest BCUT2D eigenvalue weighted by Crippen LogP contribution is 2.30. The molecule has 2 atom stereocenters. The van der Waals surface area contributed by atoms with E-state index in [-0.39, 0.29) is 11.9 Å². The topological polar surface area (TPSA) is 53.6 Å². The average molecular weight is 345 g/mol. The lowest BCUT2D eigenvalue weighted by molar-refractivity contribution is -0.126. The number of nitrogens with one attached hydrogen (secondary N) is 2. The monoisotopic (exact) mass is 345 g/mol. The van der Waals surface area contributed by atoms with Crippen LogP contribution in [0.4, 0.5) is 0 Å². The van der Waals surface area contributed by atoms with E-state index in [4.69, 9.17) is 4.74 Å². The Balaban J connectivity index is 1.69. The van der Waals surface area contributed by atoms with Gasteiger partial charge in [-0.05, 0) is 30.4 Å². The minimum atomic E-state index is -0.0487. The molecule has 0 bridgehead atoms. The number of likely N-dealkylation sites (tertiary alicyclic amines) is 1. The Morgan fingerprint density at radius 1 is 1.28 bits per heavy atom. The SMILES string of the molecule is COCCNC(=O)[C@@H]1C[C@@H](NC(C)C)CN1C1Cc2ccccc2C1. The van der Waals surface area contributed by atoms with E-state index < -0.39 is 0 Å². The second kappa shape index (κ2) is 8.30. The summed E-state index contributed by atoms with van der Waals surface area (Å²) < 4.78 is 5.06. The van der Waals surface area contributed by atoms with Gasteiger partial charge in [0.05, 0.1) is 12.6 Å². The highest BCUT2D eigenvalue weighted by Gasteiger charge is 2.41. The molecule has 2 N–H and O–H groups in total. The third-order valence-corrected chi connectivity index (χ3v) is 5.31. The van der Waals surface area contributed by atoms with Gasteiger partial charge in [0.15, 0.2) is 0 Å². The number of fused-ring (bicyclic) bond motifs is 1. The van der Waals surface area contributed by atoms with Crippen LogP contribution in [0.2, 0.25) is 0 Å². The van der Waals surface area contributed by atoms with Crippen molar-refractivity contribution >= 4 is 5.91 Å². The van der Waals surface area contributed by atoms with Crippen LogP contribution in [0.25, 0.3) is 0 Å². The van der Waals surface area contributed by atoms with Crippen molar-refractivity contribution in [3.8, 4) is 0 Å². The van der Waals surface area contributed by atoms with Crippen molar-refractivity contribution in [1.82, 2.24) is 15.5 Å². The predicted molar refractivity (Wildman–Crippen MR) is 99.7 cm³/mol. The smallest absolute Gasteiger partial charge is 0.237 e. The molecule has 0 spiro atoms. The maximum atomic E-state index is 12.8. The number of ether oxygens (including phenoxy) is 1. The number of hydrogen-bond acceptors (Lipinski definition) is 4. The van der Waals surface area contributed by atoms with Crippen molar-refractivity contribution in [1.29, 1.82) is 0 Å². The van der Waals surface area contributed by atoms with E-state index in [1.807, 2.05) is 0 Å². The van der Waals surface area contributed by atoms with Gasteiger partial charge in [0.1, 0.15) is 0 Å². The Morgan fingerprint density at radius 2 is 1.96 bits per heavy atom. The molecule has 138 valence electrons. The number of hydrogen-bond donors (Lipinski definition) is 2. The fourth-order valence-electron chi connectivity index (χ4n) is 4.28. The van der Waals surface area contributed by atoms with Crippen LogP contribution in [-0.4, -0.2) is 61.8 Å². The second-order valence-corrected chi connectivity index (χ2v) is 7.58. The molecule has 1 heterocycles. The van der Waals surface area contributed by atoms with Crippen molar-refractivity contribution in [2.24, 2.45) is 0 Å². The molecule has 5 nitrogen and oxygen atoms in total. The van der Waals surface area contributed by atoms with E-state index >= 15 is 0 Å². The molecule has 5 heteroatoms. The van der Waals surface area contributed by atoms with E-state index in [0.717, 1.165) is 25.8 Å². The molecule has 1 aliphatic heterocycles. The largest absolute Gasteiger partial charge is 0.383 e. The van der Waals surface area contributed by atoms with Gasteiger partial charge >= 0.3 is 0 Å². The number of nitrogens with zero attached hydrogens (tertiary/aromatic N) is 1. The Morgan fingerprint density at radius 3 is 2.56 bits per heavy atom. The van der Waals surface area contributed by atoms with Gasteiger partial charge in [-0.15, -0.1) is 0 Å². The molecule has 1 amide bonds. The summed E-state index contributed by atoms with van der Waals surface area (Å²) in [6.07, 6.45) is 2.97. The van der Waals surface area contributed by atoms with Crippen LogP contribution < -0.4 is 10.6 Å². The predicted octanol–water partition coefficient (Wildman–Crippen LogP) is 1.36. The quantitative estimate of drug-likeness (QED) is 0.733. The maximum absolute atomic E-state index is 12.8. The summed E-state index contributed by atoms with van der Waals surface area (Å²) in [5, 5.41) is 6.66. The number of methoxy groups -OCH3 is 1. The molecule has 3 rings (SSSR count). The number of carbonyl (C=O) groups is 1. The molecule has 0 aromatic heterocycles. The lowest BCUT2D eigenvalue weighted by Crippen LogP contribution is -2.48. The third kappa shape index (κ3) is 4.40. The normalized spacial score (nSPS) is 24.0. The first-order valence-corrected chi connectivity index (χ1v) is 9.43. The highest BCUT2D eigenvalue weighted by molar-refractivity contribution is 5.82. The number of benzene rings is 1. The first kappa shape index (κ1) is 18.4. The molecule has 1 fully saturated rings. The zero-order valence-electron chi connectivity index (χ0n) is 15.6. The number of rotatable bonds is 7. The zero-order chi connectivity index (χ0) is 17.8. The van der Waals surface area contributed by atoms with Gasteiger partial charge in [-0.1, -0.05) is 38.1 Å². The van der Waals surface area contributed by atoms with Gasteiger partial charge in [-0.3, -0.25) is 9.69 Å². The van der Waals surface area contributed by atoms with Gasteiger partial charge in [0, 0.05) is 38.3 Å². The molecule has 1 aromatic carbocycles. The summed E-state index contributed by atoms with van der Waals surface area (Å²) >= 11 is 0. The molecule has 0 unspecified atom stereocenters. The Kier molecular flexibility index (Phi) is 6.10. The summed E-state index contributed by atoms with van der Waals surface area (Å²) in [6, 6.07) is 9.87. The molecule has 0 radical (unpaired) electrons.